The van der Waals surface area contributed by atoms with Crippen LogP contribution < -0.4 is 5.32 Å². The fraction of sp³-hybridized carbons (Fsp3) is 0.286. The highest BCUT2D eigenvalue weighted by atomic mass is 32.1. The molecule has 0 spiro atoms. The molecule has 0 aliphatic carbocycles. The van der Waals surface area contributed by atoms with E-state index in [0.717, 1.165) is 16.3 Å². The molecular weight excluding hydrogens is 258 g/mol. The van der Waals surface area contributed by atoms with Gasteiger partial charge in [-0.15, -0.1) is 11.3 Å². The number of thiazole rings is 1. The summed E-state index contributed by atoms with van der Waals surface area (Å²) in [7, 11) is 3.50. The third-order valence-corrected chi connectivity index (χ3v) is 3.52. The van der Waals surface area contributed by atoms with Gasteiger partial charge in [0.05, 0.1) is 12.2 Å². The number of nitrogens with one attached hydrogen (secondary N) is 1. The fourth-order valence-corrected chi connectivity index (χ4v) is 2.34. The van der Waals surface area contributed by atoms with Gasteiger partial charge in [0.15, 0.2) is 0 Å². The van der Waals surface area contributed by atoms with Gasteiger partial charge in [-0.25, -0.2) is 4.98 Å². The van der Waals surface area contributed by atoms with Crippen molar-refractivity contribution in [3.63, 3.8) is 0 Å². The van der Waals surface area contributed by atoms with Crippen molar-refractivity contribution in [3.05, 3.63) is 40.7 Å². The standard InChI is InChI=1S/C14H17N3OS/c1-17(2)14(18)9-15-8-13-16-12(10-19-13)11-6-4-3-5-7-11/h3-7,10,15H,8-9H2,1-2H3. The predicted molar refractivity (Wildman–Crippen MR) is 78.0 cm³/mol. The minimum absolute atomic E-state index is 0.0693. The summed E-state index contributed by atoms with van der Waals surface area (Å²) in [5.41, 5.74) is 2.11. The number of carbonyl (C=O) groups is 1. The van der Waals surface area contributed by atoms with Crippen molar-refractivity contribution in [1.82, 2.24) is 15.2 Å². The molecule has 0 aliphatic rings. The maximum Gasteiger partial charge on any atom is 0.236 e. The number of aromatic nitrogens is 1. The Labute approximate surface area is 117 Å². The molecule has 0 saturated heterocycles. The van der Waals surface area contributed by atoms with E-state index in [9.17, 15) is 4.79 Å². The van der Waals surface area contributed by atoms with Crippen LogP contribution in [0.5, 0.6) is 0 Å². The minimum atomic E-state index is 0.0693. The summed E-state index contributed by atoms with van der Waals surface area (Å²) in [6.07, 6.45) is 0. The van der Waals surface area contributed by atoms with Gasteiger partial charge in [-0.05, 0) is 0 Å². The van der Waals surface area contributed by atoms with Crippen molar-refractivity contribution in [3.8, 4) is 11.3 Å². The number of hydrogen-bond donors (Lipinski definition) is 1. The third kappa shape index (κ3) is 3.87. The monoisotopic (exact) mass is 275 g/mol. The van der Waals surface area contributed by atoms with Gasteiger partial charge < -0.3 is 10.2 Å². The highest BCUT2D eigenvalue weighted by molar-refractivity contribution is 7.09. The lowest BCUT2D eigenvalue weighted by Gasteiger charge is -2.09. The molecule has 1 N–H and O–H groups in total. The van der Waals surface area contributed by atoms with E-state index in [0.29, 0.717) is 13.1 Å². The molecule has 19 heavy (non-hydrogen) atoms. The summed E-state index contributed by atoms with van der Waals surface area (Å²) in [5.74, 6) is 0.0693. The zero-order valence-corrected chi connectivity index (χ0v) is 11.9. The van der Waals surface area contributed by atoms with Crippen molar-refractivity contribution in [2.75, 3.05) is 20.6 Å². The molecule has 0 atom stereocenters. The minimum Gasteiger partial charge on any atom is -0.348 e. The quantitative estimate of drug-likeness (QED) is 0.907. The maximum absolute atomic E-state index is 11.4. The topological polar surface area (TPSA) is 45.2 Å². The molecule has 1 amide bonds. The Hall–Kier alpha value is -1.72. The summed E-state index contributed by atoms with van der Waals surface area (Å²) >= 11 is 1.61. The van der Waals surface area contributed by atoms with Crippen molar-refractivity contribution in [1.29, 1.82) is 0 Å². The molecule has 0 aliphatic heterocycles. The van der Waals surface area contributed by atoms with Crippen molar-refractivity contribution in [2.24, 2.45) is 0 Å². The van der Waals surface area contributed by atoms with E-state index in [1.807, 2.05) is 35.7 Å². The Morgan fingerprint density at radius 1 is 1.32 bits per heavy atom. The van der Waals surface area contributed by atoms with Gasteiger partial charge in [0.2, 0.25) is 5.91 Å². The Balaban J connectivity index is 1.90. The van der Waals surface area contributed by atoms with Crippen LogP contribution in [0.2, 0.25) is 0 Å². The summed E-state index contributed by atoms with van der Waals surface area (Å²) in [6, 6.07) is 10.1. The molecule has 1 aromatic carbocycles. The van der Waals surface area contributed by atoms with Crippen LogP contribution >= 0.6 is 11.3 Å². The molecule has 1 heterocycles. The normalized spacial score (nSPS) is 10.4. The van der Waals surface area contributed by atoms with Crippen LogP contribution in [0, 0.1) is 0 Å². The van der Waals surface area contributed by atoms with Crippen LogP contribution in [0.3, 0.4) is 0 Å². The lowest BCUT2D eigenvalue weighted by atomic mass is 10.2. The number of hydrogen-bond acceptors (Lipinski definition) is 4. The molecular formula is C14H17N3OS. The van der Waals surface area contributed by atoms with E-state index < -0.39 is 0 Å². The second-order valence-corrected chi connectivity index (χ2v) is 5.33. The number of rotatable bonds is 5. The second kappa shape index (κ2) is 6.45. The molecule has 100 valence electrons. The maximum atomic E-state index is 11.4. The number of likely N-dealkylation sites (N-methyl/N-ethyl adjacent to an activating group) is 1. The number of nitrogens with zero attached hydrogens (tertiary/aromatic N) is 2. The fourth-order valence-electron chi connectivity index (χ4n) is 1.57. The van der Waals surface area contributed by atoms with E-state index >= 15 is 0 Å². The first-order chi connectivity index (χ1) is 9.16. The van der Waals surface area contributed by atoms with Crippen LogP contribution in [0.1, 0.15) is 5.01 Å². The largest absolute Gasteiger partial charge is 0.348 e. The number of carbonyl (C=O) groups excluding carboxylic acids is 1. The molecule has 1 aromatic heterocycles. The van der Waals surface area contributed by atoms with E-state index in [1.54, 1.807) is 30.3 Å². The summed E-state index contributed by atoms with van der Waals surface area (Å²) in [6.45, 7) is 0.963. The van der Waals surface area contributed by atoms with Crippen LogP contribution in [-0.4, -0.2) is 36.4 Å². The Morgan fingerprint density at radius 3 is 2.74 bits per heavy atom. The molecule has 0 fully saturated rings. The van der Waals surface area contributed by atoms with E-state index in [1.165, 1.54) is 0 Å². The third-order valence-electron chi connectivity index (χ3n) is 2.67. The van der Waals surface area contributed by atoms with Crippen LogP contribution in [-0.2, 0) is 11.3 Å². The van der Waals surface area contributed by atoms with Gasteiger partial charge >= 0.3 is 0 Å². The van der Waals surface area contributed by atoms with Crippen molar-refractivity contribution in [2.45, 2.75) is 6.54 Å². The Bertz CT molecular complexity index is 537. The lowest BCUT2D eigenvalue weighted by molar-refractivity contribution is -0.127. The zero-order valence-electron chi connectivity index (χ0n) is 11.1. The van der Waals surface area contributed by atoms with Gasteiger partial charge in [0.1, 0.15) is 5.01 Å². The van der Waals surface area contributed by atoms with E-state index in [-0.39, 0.29) is 5.91 Å². The molecule has 2 rings (SSSR count). The highest BCUT2D eigenvalue weighted by Gasteiger charge is 2.06. The lowest BCUT2D eigenvalue weighted by Crippen LogP contribution is -2.32. The van der Waals surface area contributed by atoms with Gasteiger partial charge in [-0.1, -0.05) is 30.3 Å². The average Bonchev–Trinajstić information content (AvgIpc) is 2.88. The summed E-state index contributed by atoms with van der Waals surface area (Å²) in [4.78, 5) is 17.5. The highest BCUT2D eigenvalue weighted by Crippen LogP contribution is 2.21. The first-order valence-electron chi connectivity index (χ1n) is 6.07. The molecule has 4 nitrogen and oxygen atoms in total. The molecule has 0 radical (unpaired) electrons. The van der Waals surface area contributed by atoms with Gasteiger partial charge in [0.25, 0.3) is 0 Å². The zero-order chi connectivity index (χ0) is 13.7. The Morgan fingerprint density at radius 2 is 2.05 bits per heavy atom. The van der Waals surface area contributed by atoms with E-state index in [2.05, 4.69) is 10.3 Å². The van der Waals surface area contributed by atoms with E-state index in [4.69, 9.17) is 0 Å². The smallest absolute Gasteiger partial charge is 0.236 e. The first kappa shape index (κ1) is 13.7. The van der Waals surface area contributed by atoms with Crippen molar-refractivity contribution < 1.29 is 4.79 Å². The predicted octanol–water partition coefficient (Wildman–Crippen LogP) is 1.99. The molecule has 0 saturated carbocycles. The van der Waals surface area contributed by atoms with Crippen molar-refractivity contribution >= 4 is 17.2 Å². The van der Waals surface area contributed by atoms with Gasteiger partial charge in [-0.3, -0.25) is 4.79 Å². The second-order valence-electron chi connectivity index (χ2n) is 4.38. The summed E-state index contributed by atoms with van der Waals surface area (Å²) in [5, 5.41) is 6.14. The van der Waals surface area contributed by atoms with Gasteiger partial charge in [0, 0.05) is 31.6 Å². The Kier molecular flexibility index (Phi) is 4.65. The SMILES string of the molecule is CN(C)C(=O)CNCc1nc(-c2ccccc2)cs1. The average molecular weight is 275 g/mol. The van der Waals surface area contributed by atoms with Crippen LogP contribution in [0.4, 0.5) is 0 Å². The van der Waals surface area contributed by atoms with Gasteiger partial charge in [-0.2, -0.15) is 0 Å². The molecule has 2 aromatic rings. The number of amides is 1. The number of benzene rings is 1. The molecule has 0 unspecified atom stereocenters. The summed E-state index contributed by atoms with van der Waals surface area (Å²) < 4.78 is 0. The molecule has 5 heteroatoms. The van der Waals surface area contributed by atoms with Crippen LogP contribution in [0.25, 0.3) is 11.3 Å². The first-order valence-corrected chi connectivity index (χ1v) is 6.95. The van der Waals surface area contributed by atoms with Crippen LogP contribution in [0.15, 0.2) is 35.7 Å². The molecule has 0 bridgehead atoms.